The van der Waals surface area contributed by atoms with Gasteiger partial charge in [-0.3, -0.25) is 4.79 Å². The Hall–Kier alpha value is -1.86. The third-order valence-corrected chi connectivity index (χ3v) is 3.74. The summed E-state index contributed by atoms with van der Waals surface area (Å²) in [6.45, 7) is 0.152. The summed E-state index contributed by atoms with van der Waals surface area (Å²) in [4.78, 5) is 15.7. The third-order valence-electron chi connectivity index (χ3n) is 3.74. The Morgan fingerprint density at radius 1 is 1.10 bits per heavy atom. The Kier molecular flexibility index (Phi) is 3.46. The topological polar surface area (TPSA) is 45.2 Å². The number of hydrogen-bond donors (Lipinski definition) is 1. The number of nitrogens with zero attached hydrogens (tertiary/aromatic N) is 2. The maximum Gasteiger partial charge on any atom is 0.253 e. The van der Waals surface area contributed by atoms with Crippen LogP contribution >= 0.6 is 0 Å². The predicted octanol–water partition coefficient (Wildman–Crippen LogP) is 1.89. The molecule has 1 saturated heterocycles. The maximum absolute atomic E-state index is 13.8. The van der Waals surface area contributed by atoms with Crippen molar-refractivity contribution in [2.24, 2.45) is 0 Å². The van der Waals surface area contributed by atoms with Crippen molar-refractivity contribution in [1.82, 2.24) is 10.3 Å². The van der Waals surface area contributed by atoms with Gasteiger partial charge in [-0.05, 0) is 25.7 Å². The first-order valence-corrected chi connectivity index (χ1v) is 6.76. The number of amides is 1. The highest BCUT2D eigenvalue weighted by Gasteiger charge is 2.38. The monoisotopic (exact) mass is 303 g/mol. The van der Waals surface area contributed by atoms with Crippen molar-refractivity contribution < 1.29 is 22.4 Å². The first-order valence-electron chi connectivity index (χ1n) is 6.76. The zero-order chi connectivity index (χ0) is 15.1. The van der Waals surface area contributed by atoms with Crippen molar-refractivity contribution in [3.63, 3.8) is 0 Å². The number of carbonyl (C=O) groups excluding carboxylic acids is 1. The van der Waals surface area contributed by atoms with Crippen LogP contribution in [0.1, 0.15) is 25.7 Å². The summed E-state index contributed by atoms with van der Waals surface area (Å²) in [5.41, 5.74) is -0.853. The van der Waals surface area contributed by atoms with E-state index < -0.39 is 35.3 Å². The summed E-state index contributed by atoms with van der Waals surface area (Å²) in [5, 5.41) is 2.74. The van der Waals surface area contributed by atoms with Gasteiger partial charge in [0, 0.05) is 12.6 Å². The minimum atomic E-state index is -1.71. The summed E-state index contributed by atoms with van der Waals surface area (Å²) >= 11 is 0. The molecule has 0 spiro atoms. The van der Waals surface area contributed by atoms with Crippen LogP contribution in [0, 0.1) is 23.5 Å². The van der Waals surface area contributed by atoms with Crippen molar-refractivity contribution in [3.8, 4) is 0 Å². The van der Waals surface area contributed by atoms with Gasteiger partial charge in [-0.15, -0.1) is 0 Å². The molecule has 1 saturated carbocycles. The van der Waals surface area contributed by atoms with E-state index >= 15 is 0 Å². The summed E-state index contributed by atoms with van der Waals surface area (Å²) < 4.78 is 54.0. The van der Waals surface area contributed by atoms with E-state index in [0.717, 1.165) is 17.7 Å². The van der Waals surface area contributed by atoms with Crippen molar-refractivity contribution in [2.75, 3.05) is 11.4 Å². The maximum atomic E-state index is 13.8. The van der Waals surface area contributed by atoms with E-state index in [1.54, 1.807) is 0 Å². The van der Waals surface area contributed by atoms with E-state index in [1.165, 1.54) is 0 Å². The molecule has 8 heteroatoms. The molecule has 1 aliphatic heterocycles. The second kappa shape index (κ2) is 5.16. The minimum Gasteiger partial charge on any atom is -0.354 e. The Bertz CT molecular complexity index is 565. The first-order chi connectivity index (χ1) is 9.99. The molecule has 1 aromatic rings. The smallest absolute Gasteiger partial charge is 0.253 e. The quantitative estimate of drug-likeness (QED) is 0.685. The molecule has 0 bridgehead atoms. The van der Waals surface area contributed by atoms with Gasteiger partial charge >= 0.3 is 0 Å². The fourth-order valence-electron chi connectivity index (χ4n) is 2.56. The van der Waals surface area contributed by atoms with Gasteiger partial charge in [-0.1, -0.05) is 0 Å². The molecule has 2 aliphatic rings. The van der Waals surface area contributed by atoms with Crippen molar-refractivity contribution >= 4 is 11.6 Å². The van der Waals surface area contributed by atoms with Crippen LogP contribution in [0.25, 0.3) is 0 Å². The lowest BCUT2D eigenvalue weighted by Crippen LogP contribution is -2.45. The zero-order valence-corrected chi connectivity index (χ0v) is 11.0. The van der Waals surface area contributed by atoms with Crippen LogP contribution in [0.3, 0.4) is 0 Å². The van der Waals surface area contributed by atoms with Crippen LogP contribution in [0.4, 0.5) is 23.2 Å². The molecule has 0 aromatic carbocycles. The molecule has 1 aromatic heterocycles. The van der Waals surface area contributed by atoms with Crippen molar-refractivity contribution in [1.29, 1.82) is 0 Å². The molecule has 2 heterocycles. The Morgan fingerprint density at radius 3 is 2.29 bits per heavy atom. The minimum absolute atomic E-state index is 0.0977. The Morgan fingerprint density at radius 2 is 1.71 bits per heavy atom. The highest BCUT2D eigenvalue weighted by molar-refractivity contribution is 5.86. The Labute approximate surface area is 118 Å². The molecule has 1 amide bonds. The molecule has 1 unspecified atom stereocenters. The summed E-state index contributed by atoms with van der Waals surface area (Å²) in [6, 6.07) is -0.726. The largest absolute Gasteiger partial charge is 0.354 e. The fourth-order valence-corrected chi connectivity index (χ4v) is 2.56. The van der Waals surface area contributed by atoms with E-state index in [-0.39, 0.29) is 18.5 Å². The molecule has 2 fully saturated rings. The molecule has 1 N–H and O–H groups in total. The van der Waals surface area contributed by atoms with Crippen LogP contribution < -0.4 is 10.2 Å². The third kappa shape index (κ3) is 2.54. The van der Waals surface area contributed by atoms with Gasteiger partial charge in [0.1, 0.15) is 11.7 Å². The molecule has 1 aliphatic carbocycles. The van der Waals surface area contributed by atoms with Gasteiger partial charge in [0.2, 0.25) is 17.5 Å². The fraction of sp³-hybridized carbons (Fsp3) is 0.538. The van der Waals surface area contributed by atoms with Crippen LogP contribution in [-0.2, 0) is 4.79 Å². The van der Waals surface area contributed by atoms with Crippen molar-refractivity contribution in [3.05, 3.63) is 23.5 Å². The number of nitrogens with one attached hydrogen (secondary N) is 1. The van der Waals surface area contributed by atoms with E-state index in [1.807, 2.05) is 0 Å². The number of halogens is 4. The van der Waals surface area contributed by atoms with Gasteiger partial charge in [0.25, 0.3) is 11.9 Å². The summed E-state index contributed by atoms with van der Waals surface area (Å²) in [6.07, 6.45) is 2.63. The second-order valence-corrected chi connectivity index (χ2v) is 5.30. The highest BCUT2D eigenvalue weighted by Crippen LogP contribution is 2.32. The second-order valence-electron chi connectivity index (χ2n) is 5.30. The lowest BCUT2D eigenvalue weighted by Gasteiger charge is -2.26. The van der Waals surface area contributed by atoms with E-state index in [9.17, 15) is 22.4 Å². The SMILES string of the molecule is O=C(NC1CC1)C1CCCN1c1c(F)c(F)nc(F)c1F. The number of pyridine rings is 1. The number of hydrogen-bond acceptors (Lipinski definition) is 3. The predicted molar refractivity (Wildman–Crippen MR) is 65.6 cm³/mol. The average Bonchev–Trinajstić information content (AvgIpc) is 3.11. The normalized spacial score (nSPS) is 21.7. The van der Waals surface area contributed by atoms with Crippen LogP contribution in [0.15, 0.2) is 0 Å². The molecule has 3 rings (SSSR count). The van der Waals surface area contributed by atoms with Crippen LogP contribution in [0.2, 0.25) is 0 Å². The molecule has 114 valence electrons. The molecule has 1 atom stereocenters. The van der Waals surface area contributed by atoms with Gasteiger partial charge in [-0.2, -0.15) is 22.5 Å². The number of aromatic nitrogens is 1. The summed E-state index contributed by atoms with van der Waals surface area (Å²) in [5.74, 6) is -6.93. The van der Waals surface area contributed by atoms with Gasteiger partial charge in [-0.25, -0.2) is 0 Å². The molecule has 21 heavy (non-hydrogen) atoms. The lowest BCUT2D eigenvalue weighted by atomic mass is 10.2. The van der Waals surface area contributed by atoms with Gasteiger partial charge in [0.15, 0.2) is 0 Å². The number of rotatable bonds is 3. The molecule has 0 radical (unpaired) electrons. The van der Waals surface area contributed by atoms with E-state index in [4.69, 9.17) is 0 Å². The molecule has 4 nitrogen and oxygen atoms in total. The Balaban J connectivity index is 1.93. The van der Waals surface area contributed by atoms with Crippen molar-refractivity contribution in [2.45, 2.75) is 37.8 Å². The average molecular weight is 303 g/mol. The first kappa shape index (κ1) is 14.1. The number of carbonyl (C=O) groups is 1. The van der Waals surface area contributed by atoms with Gasteiger partial charge < -0.3 is 10.2 Å². The van der Waals surface area contributed by atoms with Gasteiger partial charge in [0.05, 0.1) is 0 Å². The standard InChI is InChI=1S/C13H13F4N3O/c14-8-10(9(15)12(17)19-11(8)16)20-5-1-2-7(20)13(21)18-6-3-4-6/h6-7H,1-5H2,(H,18,21). The van der Waals surface area contributed by atoms with Crippen LogP contribution in [0.5, 0.6) is 0 Å². The van der Waals surface area contributed by atoms with E-state index in [2.05, 4.69) is 10.3 Å². The highest BCUT2D eigenvalue weighted by atomic mass is 19.2. The lowest BCUT2D eigenvalue weighted by molar-refractivity contribution is -0.122. The number of anilines is 1. The molecular weight excluding hydrogens is 290 g/mol. The zero-order valence-electron chi connectivity index (χ0n) is 11.0. The summed E-state index contributed by atoms with van der Waals surface area (Å²) in [7, 11) is 0. The van der Waals surface area contributed by atoms with E-state index in [0.29, 0.717) is 12.8 Å². The molecular formula is C13H13F4N3O. The van der Waals surface area contributed by atoms with Crippen LogP contribution in [-0.4, -0.2) is 29.5 Å².